The minimum atomic E-state index is -1.05. The molecule has 0 aromatic heterocycles. The van der Waals surface area contributed by atoms with Crippen molar-refractivity contribution in [1.29, 1.82) is 5.26 Å². The van der Waals surface area contributed by atoms with E-state index < -0.39 is 11.5 Å². The number of carboxylic acids is 1. The van der Waals surface area contributed by atoms with E-state index in [1.807, 2.05) is 6.07 Å². The summed E-state index contributed by atoms with van der Waals surface area (Å²) in [6.07, 6.45) is 0.433. The first-order valence-electron chi connectivity index (χ1n) is 5.04. The Kier molecular flexibility index (Phi) is 3.51. The Morgan fingerprint density at radius 2 is 2.19 bits per heavy atom. The molecule has 16 heavy (non-hydrogen) atoms. The second-order valence-electron chi connectivity index (χ2n) is 3.77. The topological polar surface area (TPSA) is 73.1 Å². The van der Waals surface area contributed by atoms with Crippen LogP contribution in [0.3, 0.4) is 0 Å². The van der Waals surface area contributed by atoms with Gasteiger partial charge in [-0.2, -0.15) is 5.26 Å². The summed E-state index contributed by atoms with van der Waals surface area (Å²) in [6.45, 7) is 3.39. The van der Waals surface area contributed by atoms with E-state index in [1.165, 1.54) is 0 Å². The van der Waals surface area contributed by atoms with Crippen molar-refractivity contribution in [2.75, 3.05) is 5.32 Å². The largest absolute Gasteiger partial charge is 0.480 e. The second kappa shape index (κ2) is 4.67. The molecule has 1 atom stereocenters. The van der Waals surface area contributed by atoms with Gasteiger partial charge in [0.05, 0.1) is 11.3 Å². The van der Waals surface area contributed by atoms with Crippen molar-refractivity contribution in [2.24, 2.45) is 0 Å². The van der Waals surface area contributed by atoms with Gasteiger partial charge >= 0.3 is 5.97 Å². The first-order valence-corrected chi connectivity index (χ1v) is 5.04. The summed E-state index contributed by atoms with van der Waals surface area (Å²) in [5.74, 6) is -0.928. The quantitative estimate of drug-likeness (QED) is 0.812. The van der Waals surface area contributed by atoms with Crippen molar-refractivity contribution >= 4 is 11.7 Å². The number of para-hydroxylation sites is 1. The van der Waals surface area contributed by atoms with Crippen LogP contribution in [0.5, 0.6) is 0 Å². The Bertz CT molecular complexity index is 437. The van der Waals surface area contributed by atoms with Crippen LogP contribution in [0, 0.1) is 11.3 Å². The van der Waals surface area contributed by atoms with Crippen molar-refractivity contribution in [3.63, 3.8) is 0 Å². The van der Waals surface area contributed by atoms with Crippen LogP contribution in [0.15, 0.2) is 24.3 Å². The first-order chi connectivity index (χ1) is 7.53. The van der Waals surface area contributed by atoms with E-state index in [1.54, 1.807) is 38.1 Å². The Hall–Kier alpha value is -2.02. The van der Waals surface area contributed by atoms with Gasteiger partial charge in [-0.1, -0.05) is 19.1 Å². The van der Waals surface area contributed by atoms with Crippen molar-refractivity contribution in [3.8, 4) is 6.07 Å². The molecule has 0 amide bonds. The number of carbonyl (C=O) groups is 1. The maximum absolute atomic E-state index is 11.1. The van der Waals surface area contributed by atoms with E-state index in [9.17, 15) is 4.79 Å². The molecule has 0 radical (unpaired) electrons. The second-order valence-corrected chi connectivity index (χ2v) is 3.77. The fraction of sp³-hybridized carbons (Fsp3) is 0.333. The van der Waals surface area contributed by atoms with Gasteiger partial charge in [-0.15, -0.1) is 0 Å². The summed E-state index contributed by atoms with van der Waals surface area (Å²) in [6, 6.07) is 8.89. The number of hydrogen-bond acceptors (Lipinski definition) is 3. The SMILES string of the molecule is CCC(C)(Nc1ccccc1C#N)C(=O)O. The van der Waals surface area contributed by atoms with Crippen molar-refractivity contribution in [3.05, 3.63) is 29.8 Å². The number of nitriles is 1. The molecule has 1 rings (SSSR count). The van der Waals surface area contributed by atoms with Crippen molar-refractivity contribution in [2.45, 2.75) is 25.8 Å². The summed E-state index contributed by atoms with van der Waals surface area (Å²) >= 11 is 0. The van der Waals surface area contributed by atoms with Gasteiger partial charge in [-0.05, 0) is 25.5 Å². The van der Waals surface area contributed by atoms with Gasteiger partial charge in [-0.25, -0.2) is 4.79 Å². The van der Waals surface area contributed by atoms with Crippen LogP contribution in [-0.4, -0.2) is 16.6 Å². The zero-order valence-corrected chi connectivity index (χ0v) is 9.32. The number of nitrogens with one attached hydrogen (secondary N) is 1. The number of benzene rings is 1. The van der Waals surface area contributed by atoms with Crippen LogP contribution in [0.4, 0.5) is 5.69 Å². The molecule has 2 N–H and O–H groups in total. The number of nitrogens with zero attached hydrogens (tertiary/aromatic N) is 1. The number of rotatable bonds is 4. The summed E-state index contributed by atoms with van der Waals surface area (Å²) in [5, 5.41) is 20.9. The normalized spacial score (nSPS) is 13.6. The van der Waals surface area contributed by atoms with Crippen LogP contribution < -0.4 is 5.32 Å². The smallest absolute Gasteiger partial charge is 0.329 e. The van der Waals surface area contributed by atoms with Gasteiger partial charge in [-0.3, -0.25) is 0 Å². The predicted molar refractivity (Wildman–Crippen MR) is 61.1 cm³/mol. The molecule has 4 nitrogen and oxygen atoms in total. The highest BCUT2D eigenvalue weighted by molar-refractivity contribution is 5.82. The van der Waals surface area contributed by atoms with Gasteiger partial charge in [0, 0.05) is 0 Å². The van der Waals surface area contributed by atoms with E-state index in [0.717, 1.165) is 0 Å². The minimum Gasteiger partial charge on any atom is -0.480 e. The van der Waals surface area contributed by atoms with E-state index in [0.29, 0.717) is 17.7 Å². The highest BCUT2D eigenvalue weighted by Crippen LogP contribution is 2.21. The number of aliphatic carboxylic acids is 1. The molecule has 4 heteroatoms. The third-order valence-corrected chi connectivity index (χ3v) is 2.64. The molecule has 0 fully saturated rings. The lowest BCUT2D eigenvalue weighted by Crippen LogP contribution is -2.42. The van der Waals surface area contributed by atoms with Crippen LogP contribution in [0.25, 0.3) is 0 Å². The molecule has 0 spiro atoms. The summed E-state index contributed by atoms with van der Waals surface area (Å²) in [7, 11) is 0. The Balaban J connectivity index is 3.04. The van der Waals surface area contributed by atoms with Crippen LogP contribution >= 0.6 is 0 Å². The van der Waals surface area contributed by atoms with Crippen molar-refractivity contribution in [1.82, 2.24) is 0 Å². The molecule has 0 saturated carbocycles. The van der Waals surface area contributed by atoms with Gasteiger partial charge in [0.1, 0.15) is 11.6 Å². The van der Waals surface area contributed by atoms with Gasteiger partial charge in [0.2, 0.25) is 0 Å². The zero-order chi connectivity index (χ0) is 12.2. The summed E-state index contributed by atoms with van der Waals surface area (Å²) in [5.41, 5.74) is -0.0485. The Morgan fingerprint density at radius 3 is 2.69 bits per heavy atom. The highest BCUT2D eigenvalue weighted by Gasteiger charge is 2.31. The fourth-order valence-electron chi connectivity index (χ4n) is 1.28. The van der Waals surface area contributed by atoms with E-state index in [2.05, 4.69) is 5.32 Å². The molecule has 1 aromatic carbocycles. The molecule has 0 aliphatic carbocycles. The average Bonchev–Trinajstić information content (AvgIpc) is 2.29. The first kappa shape index (κ1) is 12.1. The number of hydrogen-bond donors (Lipinski definition) is 2. The lowest BCUT2D eigenvalue weighted by molar-refractivity contribution is -0.141. The monoisotopic (exact) mass is 218 g/mol. The summed E-state index contributed by atoms with van der Waals surface area (Å²) < 4.78 is 0. The number of carboxylic acid groups (broad SMARTS) is 1. The minimum absolute atomic E-state index is 0.433. The number of anilines is 1. The third-order valence-electron chi connectivity index (χ3n) is 2.64. The standard InChI is InChI=1S/C12H14N2O2/c1-3-12(2,11(15)16)14-10-7-5-4-6-9(10)8-13/h4-7,14H,3H2,1-2H3,(H,15,16). The highest BCUT2D eigenvalue weighted by atomic mass is 16.4. The maximum Gasteiger partial charge on any atom is 0.329 e. The lowest BCUT2D eigenvalue weighted by atomic mass is 9.98. The lowest BCUT2D eigenvalue weighted by Gasteiger charge is -2.26. The van der Waals surface area contributed by atoms with E-state index in [4.69, 9.17) is 10.4 Å². The van der Waals surface area contributed by atoms with Crippen LogP contribution in [-0.2, 0) is 4.79 Å². The van der Waals surface area contributed by atoms with Gasteiger partial charge in [0.25, 0.3) is 0 Å². The molecule has 1 unspecified atom stereocenters. The molecule has 0 saturated heterocycles. The maximum atomic E-state index is 11.1. The molecule has 1 aromatic rings. The molecule has 84 valence electrons. The van der Waals surface area contributed by atoms with Gasteiger partial charge in [0.15, 0.2) is 0 Å². The third kappa shape index (κ3) is 2.31. The Labute approximate surface area is 94.5 Å². The molecular formula is C12H14N2O2. The molecule has 0 bridgehead atoms. The summed E-state index contributed by atoms with van der Waals surface area (Å²) in [4.78, 5) is 11.1. The predicted octanol–water partition coefficient (Wildman–Crippen LogP) is 2.22. The fourth-order valence-corrected chi connectivity index (χ4v) is 1.28. The average molecular weight is 218 g/mol. The zero-order valence-electron chi connectivity index (χ0n) is 9.32. The van der Waals surface area contributed by atoms with Crippen LogP contribution in [0.1, 0.15) is 25.8 Å². The molecule has 0 heterocycles. The van der Waals surface area contributed by atoms with E-state index in [-0.39, 0.29) is 0 Å². The molecule has 0 aliphatic rings. The van der Waals surface area contributed by atoms with Crippen molar-refractivity contribution < 1.29 is 9.90 Å². The van der Waals surface area contributed by atoms with Gasteiger partial charge < -0.3 is 10.4 Å². The van der Waals surface area contributed by atoms with E-state index >= 15 is 0 Å². The molecule has 0 aliphatic heterocycles. The molecular weight excluding hydrogens is 204 g/mol. The Morgan fingerprint density at radius 1 is 1.56 bits per heavy atom. The van der Waals surface area contributed by atoms with Crippen LogP contribution in [0.2, 0.25) is 0 Å².